The van der Waals surface area contributed by atoms with Crippen LogP contribution in [0.15, 0.2) is 42.6 Å². The van der Waals surface area contributed by atoms with Gasteiger partial charge < -0.3 is 10.6 Å². The Kier molecular flexibility index (Phi) is 5.26. The summed E-state index contributed by atoms with van der Waals surface area (Å²) in [5.41, 5.74) is 1.18. The predicted octanol–water partition coefficient (Wildman–Crippen LogP) is 3.69. The number of benzene rings is 1. The fraction of sp³-hybridized carbons (Fsp3) is 0.250. The largest absolute Gasteiger partial charge is 0.384 e. The average Bonchev–Trinajstić information content (AvgIpc) is 2.49. The summed E-state index contributed by atoms with van der Waals surface area (Å²) in [4.78, 5) is 16.1. The molecule has 1 heterocycles. The number of unbranched alkanes of at least 4 members (excludes halogenated alkanes) is 1. The van der Waals surface area contributed by atoms with Crippen molar-refractivity contribution in [2.24, 2.45) is 0 Å². The second-order valence-corrected chi connectivity index (χ2v) is 4.68. The van der Waals surface area contributed by atoms with Crippen LogP contribution in [0, 0.1) is 5.82 Å². The lowest BCUT2D eigenvalue weighted by Crippen LogP contribution is -2.13. The molecule has 0 spiro atoms. The summed E-state index contributed by atoms with van der Waals surface area (Å²) in [6, 6.07) is 9.11. The zero-order valence-corrected chi connectivity index (χ0v) is 11.9. The summed E-state index contributed by atoms with van der Waals surface area (Å²) < 4.78 is 13.1. The number of amides is 1. The lowest BCUT2D eigenvalue weighted by atomic mass is 10.2. The smallest absolute Gasteiger partial charge is 0.256 e. The highest BCUT2D eigenvalue weighted by molar-refractivity contribution is 6.03. The number of rotatable bonds is 6. The first-order valence-electron chi connectivity index (χ1n) is 6.96. The van der Waals surface area contributed by atoms with Gasteiger partial charge in [-0.15, -0.1) is 0 Å². The predicted molar refractivity (Wildman–Crippen MR) is 82.0 cm³/mol. The Morgan fingerprint density at radius 3 is 2.81 bits per heavy atom. The molecule has 0 bridgehead atoms. The average molecular weight is 287 g/mol. The topological polar surface area (TPSA) is 54.0 Å². The molecule has 0 aliphatic heterocycles. The number of carbonyl (C=O) groups excluding carboxylic acids is 1. The lowest BCUT2D eigenvalue weighted by molar-refractivity contribution is 0.102. The first kappa shape index (κ1) is 15.0. The van der Waals surface area contributed by atoms with E-state index in [2.05, 4.69) is 22.5 Å². The van der Waals surface area contributed by atoms with Crippen LogP contribution in [0.1, 0.15) is 30.1 Å². The molecule has 21 heavy (non-hydrogen) atoms. The van der Waals surface area contributed by atoms with Crippen molar-refractivity contribution in [1.29, 1.82) is 0 Å². The molecule has 2 aromatic rings. The number of carbonyl (C=O) groups is 1. The van der Waals surface area contributed by atoms with Crippen LogP contribution in [0.4, 0.5) is 15.9 Å². The van der Waals surface area contributed by atoms with Gasteiger partial charge in [-0.05, 0) is 36.8 Å². The van der Waals surface area contributed by atoms with Crippen LogP contribution < -0.4 is 10.6 Å². The Morgan fingerprint density at radius 2 is 2.14 bits per heavy atom. The van der Waals surface area contributed by atoms with Crippen LogP contribution in [0.3, 0.4) is 0 Å². The van der Waals surface area contributed by atoms with Crippen molar-refractivity contribution in [3.05, 3.63) is 54.0 Å². The number of anilines is 2. The summed E-state index contributed by atoms with van der Waals surface area (Å²) in [6.07, 6.45) is 3.89. The fourth-order valence-corrected chi connectivity index (χ4v) is 1.80. The van der Waals surface area contributed by atoms with Crippen LogP contribution in [0.2, 0.25) is 0 Å². The third-order valence-corrected chi connectivity index (χ3v) is 2.95. The van der Waals surface area contributed by atoms with Gasteiger partial charge in [0.05, 0.1) is 11.9 Å². The second kappa shape index (κ2) is 7.38. The first-order valence-corrected chi connectivity index (χ1v) is 6.96. The number of hydrogen-bond donors (Lipinski definition) is 2. The number of nitrogens with zero attached hydrogens (tertiary/aromatic N) is 1. The molecule has 1 aromatic carbocycles. The molecular formula is C16H18FN3O. The quantitative estimate of drug-likeness (QED) is 0.797. The van der Waals surface area contributed by atoms with Crippen molar-refractivity contribution >= 4 is 17.4 Å². The molecule has 0 fully saturated rings. The zero-order valence-electron chi connectivity index (χ0n) is 11.9. The molecule has 0 aliphatic rings. The molecule has 2 N–H and O–H groups in total. The van der Waals surface area contributed by atoms with E-state index in [4.69, 9.17) is 0 Å². The maximum absolute atomic E-state index is 13.1. The van der Waals surface area contributed by atoms with Gasteiger partial charge in [0.2, 0.25) is 0 Å². The van der Waals surface area contributed by atoms with Gasteiger partial charge in [-0.2, -0.15) is 0 Å². The maximum Gasteiger partial charge on any atom is 0.256 e. The Balaban J connectivity index is 1.95. The van der Waals surface area contributed by atoms with Gasteiger partial charge >= 0.3 is 0 Å². The molecule has 0 radical (unpaired) electrons. The molecule has 5 heteroatoms. The summed E-state index contributed by atoms with van der Waals surface area (Å²) in [5, 5.41) is 5.88. The maximum atomic E-state index is 13.1. The van der Waals surface area contributed by atoms with Gasteiger partial charge in [0, 0.05) is 12.1 Å². The van der Waals surface area contributed by atoms with Crippen molar-refractivity contribution in [2.45, 2.75) is 19.8 Å². The molecular weight excluding hydrogens is 269 g/mol. The van der Waals surface area contributed by atoms with Crippen molar-refractivity contribution in [3.8, 4) is 0 Å². The van der Waals surface area contributed by atoms with E-state index in [9.17, 15) is 9.18 Å². The van der Waals surface area contributed by atoms with E-state index in [1.807, 2.05) is 6.07 Å². The summed E-state index contributed by atoms with van der Waals surface area (Å²) >= 11 is 0. The van der Waals surface area contributed by atoms with Crippen LogP contribution in [-0.2, 0) is 0 Å². The van der Waals surface area contributed by atoms with Crippen molar-refractivity contribution < 1.29 is 9.18 Å². The molecule has 1 amide bonds. The summed E-state index contributed by atoms with van der Waals surface area (Å²) in [7, 11) is 0. The van der Waals surface area contributed by atoms with Gasteiger partial charge in [0.15, 0.2) is 0 Å². The Hall–Kier alpha value is -2.43. The third kappa shape index (κ3) is 4.56. The van der Waals surface area contributed by atoms with E-state index in [1.54, 1.807) is 18.3 Å². The van der Waals surface area contributed by atoms with Crippen molar-refractivity contribution in [3.63, 3.8) is 0 Å². The van der Waals surface area contributed by atoms with Gasteiger partial charge in [-0.25, -0.2) is 9.37 Å². The molecule has 0 saturated heterocycles. The van der Waals surface area contributed by atoms with Gasteiger partial charge in [0.1, 0.15) is 11.6 Å². The molecule has 0 aliphatic carbocycles. The summed E-state index contributed by atoms with van der Waals surface area (Å²) in [5.74, 6) is -0.384. The van der Waals surface area contributed by atoms with E-state index in [0.717, 1.165) is 25.1 Å². The minimum Gasteiger partial charge on any atom is -0.384 e. The fourth-order valence-electron chi connectivity index (χ4n) is 1.80. The number of pyridine rings is 1. The SMILES string of the molecule is CCCCNc1ccc(NC(=O)c2cccc(F)c2)nc1. The highest BCUT2D eigenvalue weighted by Gasteiger charge is 2.07. The number of hydrogen-bond acceptors (Lipinski definition) is 3. The highest BCUT2D eigenvalue weighted by Crippen LogP contribution is 2.12. The number of nitrogens with one attached hydrogen (secondary N) is 2. The minimum absolute atomic E-state index is 0.266. The number of aromatic nitrogens is 1. The van der Waals surface area contributed by atoms with E-state index in [1.165, 1.54) is 18.2 Å². The van der Waals surface area contributed by atoms with Gasteiger partial charge in [-0.1, -0.05) is 19.4 Å². The van der Waals surface area contributed by atoms with Crippen molar-refractivity contribution in [1.82, 2.24) is 4.98 Å². The van der Waals surface area contributed by atoms with Crippen LogP contribution in [-0.4, -0.2) is 17.4 Å². The molecule has 4 nitrogen and oxygen atoms in total. The van der Waals surface area contributed by atoms with Crippen LogP contribution in [0.25, 0.3) is 0 Å². The van der Waals surface area contributed by atoms with Gasteiger partial charge in [0.25, 0.3) is 5.91 Å². The summed E-state index contributed by atoms with van der Waals surface area (Å²) in [6.45, 7) is 3.03. The molecule has 2 rings (SSSR count). The monoisotopic (exact) mass is 287 g/mol. The first-order chi connectivity index (χ1) is 10.2. The molecule has 0 unspecified atom stereocenters. The Bertz CT molecular complexity index is 599. The Labute approximate surface area is 123 Å². The molecule has 0 saturated carbocycles. The van der Waals surface area contributed by atoms with E-state index in [0.29, 0.717) is 5.82 Å². The molecule has 0 atom stereocenters. The molecule has 110 valence electrons. The normalized spacial score (nSPS) is 10.2. The van der Waals surface area contributed by atoms with Crippen molar-refractivity contribution in [2.75, 3.05) is 17.2 Å². The Morgan fingerprint density at radius 1 is 1.29 bits per heavy atom. The van der Waals surface area contributed by atoms with Gasteiger partial charge in [-0.3, -0.25) is 4.79 Å². The standard InChI is InChI=1S/C16H18FN3O/c1-2-3-9-18-14-7-8-15(19-11-14)20-16(21)12-5-4-6-13(17)10-12/h4-8,10-11,18H,2-3,9H2,1H3,(H,19,20,21). The third-order valence-electron chi connectivity index (χ3n) is 2.95. The minimum atomic E-state index is -0.439. The lowest BCUT2D eigenvalue weighted by Gasteiger charge is -2.07. The van der Waals surface area contributed by atoms with E-state index < -0.39 is 5.82 Å². The van der Waals surface area contributed by atoms with E-state index in [-0.39, 0.29) is 11.5 Å². The van der Waals surface area contributed by atoms with Crippen LogP contribution in [0.5, 0.6) is 0 Å². The molecule has 1 aromatic heterocycles. The second-order valence-electron chi connectivity index (χ2n) is 4.68. The highest BCUT2D eigenvalue weighted by atomic mass is 19.1. The van der Waals surface area contributed by atoms with Crippen LogP contribution >= 0.6 is 0 Å². The number of halogens is 1. The van der Waals surface area contributed by atoms with E-state index >= 15 is 0 Å². The zero-order chi connectivity index (χ0) is 15.1.